The first-order valence-corrected chi connectivity index (χ1v) is 23.8. The molecule has 374 valence electrons. The number of Topliss-reactive ketones (excluding diaryl/α,β-unsaturated/α-hetero) is 1. The highest BCUT2D eigenvalue weighted by Gasteiger charge is 2.71. The fourth-order valence-corrected chi connectivity index (χ4v) is 13.9. The Balaban J connectivity index is 0.853. The van der Waals surface area contributed by atoms with Crippen molar-refractivity contribution < 1.29 is 99.2 Å². The van der Waals surface area contributed by atoms with Gasteiger partial charge in [0.1, 0.15) is 79.0 Å². The minimum Gasteiger partial charge on any atom is -0.394 e. The maximum absolute atomic E-state index is 14.7. The molecule has 0 spiro atoms. The molecule has 4 heterocycles. The molecule has 4 saturated carbocycles. The summed E-state index contributed by atoms with van der Waals surface area (Å²) in [6, 6.07) is 0. The fourth-order valence-electron chi connectivity index (χ4n) is 13.9. The summed E-state index contributed by atoms with van der Waals surface area (Å²) in [4.78, 5) is 14.7. The molecule has 0 bridgehead atoms. The van der Waals surface area contributed by atoms with Gasteiger partial charge in [-0.25, -0.2) is 0 Å². The lowest BCUT2D eigenvalue weighted by atomic mass is 9.44. The van der Waals surface area contributed by atoms with Crippen LogP contribution in [0.25, 0.3) is 0 Å². The Bertz CT molecular complexity index is 1640. The van der Waals surface area contributed by atoms with Crippen LogP contribution in [0, 0.1) is 52.3 Å². The predicted molar refractivity (Wildman–Crippen MR) is 219 cm³/mol. The van der Waals surface area contributed by atoms with Crippen molar-refractivity contribution in [1.29, 1.82) is 0 Å². The van der Waals surface area contributed by atoms with E-state index in [2.05, 4.69) is 13.8 Å². The highest BCUT2D eigenvalue weighted by molar-refractivity contribution is 5.87. The molecule has 0 aromatic carbocycles. The molecule has 0 unspecified atom stereocenters. The van der Waals surface area contributed by atoms with E-state index in [9.17, 15) is 66.1 Å². The molecule has 8 rings (SSSR count). The van der Waals surface area contributed by atoms with Crippen LogP contribution in [0.5, 0.6) is 0 Å². The standard InChI is InChI=1S/C45H74O20/c1-18(17-59-40-36(55)33(52)31(50)26(14-46)61-40)7-10-45(58)19(2)30-25(65-45)12-24-22-6-5-20-11-21(8-9-43(20,3)23(22)13-29(49)44(24,30)4)60-41-38(57)35(54)39(28(16-48)63-41)64-42-37(56)34(53)32(51)27(15-47)62-42/h18-28,30-42,46-48,50-58H,5-17H2,1-4H3/t18-,19+,20+,21+,22-,23+,24+,25+,26-,27-,28+,30+,31-,32-,33+,34+,35+,36-,37-,38+,39-,40+,41+,42+,43+,44-,45-/m1/s1. The fraction of sp³-hybridized carbons (Fsp3) is 0.978. The molecule has 20 heteroatoms. The molecule has 27 atom stereocenters. The van der Waals surface area contributed by atoms with Crippen molar-refractivity contribution in [2.75, 3.05) is 26.4 Å². The number of aliphatic hydroxyl groups excluding tert-OH is 11. The van der Waals surface area contributed by atoms with Crippen LogP contribution >= 0.6 is 0 Å². The topological polar surface area (TPSA) is 324 Å². The monoisotopic (exact) mass is 934 g/mol. The zero-order valence-corrected chi connectivity index (χ0v) is 37.7. The lowest BCUT2D eigenvalue weighted by molar-refractivity contribution is -0.364. The minimum atomic E-state index is -1.77. The van der Waals surface area contributed by atoms with Crippen LogP contribution in [-0.4, -0.2) is 204 Å². The van der Waals surface area contributed by atoms with E-state index in [1.807, 2.05) is 13.8 Å². The summed E-state index contributed by atoms with van der Waals surface area (Å²) in [5.41, 5.74) is -0.831. The van der Waals surface area contributed by atoms with Crippen LogP contribution in [0.4, 0.5) is 0 Å². The van der Waals surface area contributed by atoms with Crippen LogP contribution in [-0.2, 0) is 38.0 Å². The first-order chi connectivity index (χ1) is 30.7. The molecular weight excluding hydrogens is 860 g/mol. The largest absolute Gasteiger partial charge is 0.394 e. The van der Waals surface area contributed by atoms with Crippen molar-refractivity contribution in [1.82, 2.24) is 0 Å². The van der Waals surface area contributed by atoms with Crippen molar-refractivity contribution in [2.24, 2.45) is 52.3 Å². The first-order valence-electron chi connectivity index (χ1n) is 23.8. The summed E-state index contributed by atoms with van der Waals surface area (Å²) in [6.45, 7) is 6.47. The Hall–Kier alpha value is -1.09. The third kappa shape index (κ3) is 8.69. The van der Waals surface area contributed by atoms with Crippen molar-refractivity contribution >= 4 is 5.78 Å². The van der Waals surface area contributed by atoms with Gasteiger partial charge in [-0.2, -0.15) is 0 Å². The number of rotatable bonds is 13. The smallest absolute Gasteiger partial charge is 0.187 e. The summed E-state index contributed by atoms with van der Waals surface area (Å²) in [7, 11) is 0. The Morgan fingerprint density at radius 3 is 1.94 bits per heavy atom. The third-order valence-corrected chi connectivity index (χ3v) is 17.9. The zero-order chi connectivity index (χ0) is 47.1. The van der Waals surface area contributed by atoms with Gasteiger partial charge in [-0.15, -0.1) is 0 Å². The molecule has 8 fully saturated rings. The lowest BCUT2D eigenvalue weighted by Crippen LogP contribution is -2.65. The number of carbonyl (C=O) groups is 1. The van der Waals surface area contributed by atoms with Gasteiger partial charge in [0, 0.05) is 30.1 Å². The van der Waals surface area contributed by atoms with Crippen molar-refractivity contribution in [3.63, 3.8) is 0 Å². The molecular formula is C45H74O20. The SMILES string of the molecule is C[C@H](CC[C@@]1(O)O[C@H]2C[C@H]3[C@@H]4CC[C@H]5C[C@@H](O[C@H]6O[C@@H](CO)[C@@H](O[C@@H]7O[C@H](CO)[C@@H](O)[C@H](O)[C@H]7O)[C@@H](O)[C@@H]6O)CC[C@]5(C)[C@H]4CC(=O)[C@]3(C)[C@H]2[C@@H]1C)CO[C@H]1O[C@H](CO)[C@@H](O)[C@H](O)[C@H]1O. The molecule has 4 aliphatic heterocycles. The number of hydrogen-bond donors (Lipinski definition) is 12. The number of ketones is 1. The predicted octanol–water partition coefficient (Wildman–Crippen LogP) is -2.60. The van der Waals surface area contributed by atoms with Crippen LogP contribution < -0.4 is 0 Å². The summed E-state index contributed by atoms with van der Waals surface area (Å²) < 4.78 is 41.2. The van der Waals surface area contributed by atoms with Crippen LogP contribution in [0.3, 0.4) is 0 Å². The Morgan fingerprint density at radius 2 is 1.29 bits per heavy atom. The molecule has 20 nitrogen and oxygen atoms in total. The van der Waals surface area contributed by atoms with Crippen molar-refractivity contribution in [3.05, 3.63) is 0 Å². The highest BCUT2D eigenvalue weighted by Crippen LogP contribution is 2.70. The van der Waals surface area contributed by atoms with E-state index in [1.165, 1.54) is 0 Å². The van der Waals surface area contributed by atoms with Gasteiger partial charge in [0.15, 0.2) is 24.7 Å². The van der Waals surface area contributed by atoms with Gasteiger partial charge in [0.25, 0.3) is 0 Å². The lowest BCUT2D eigenvalue weighted by Gasteiger charge is -2.60. The van der Waals surface area contributed by atoms with E-state index in [-0.39, 0.29) is 71.4 Å². The van der Waals surface area contributed by atoms with Crippen LogP contribution in [0.2, 0.25) is 0 Å². The summed E-state index contributed by atoms with van der Waals surface area (Å²) in [5.74, 6) is -1.13. The minimum absolute atomic E-state index is 0.0918. The Labute approximate surface area is 378 Å². The van der Waals surface area contributed by atoms with Crippen molar-refractivity contribution in [3.8, 4) is 0 Å². The van der Waals surface area contributed by atoms with Gasteiger partial charge in [-0.05, 0) is 80.0 Å². The molecule has 4 aliphatic carbocycles. The number of carbonyl (C=O) groups excluding carboxylic acids is 1. The maximum Gasteiger partial charge on any atom is 0.187 e. The van der Waals surface area contributed by atoms with Gasteiger partial charge >= 0.3 is 0 Å². The van der Waals surface area contributed by atoms with E-state index in [0.29, 0.717) is 38.5 Å². The number of aliphatic hydroxyl groups is 12. The third-order valence-electron chi connectivity index (χ3n) is 17.9. The van der Waals surface area contributed by atoms with Gasteiger partial charge in [-0.3, -0.25) is 4.79 Å². The van der Waals surface area contributed by atoms with E-state index in [0.717, 1.165) is 19.3 Å². The second kappa shape index (κ2) is 19.3. The molecule has 12 N–H and O–H groups in total. The van der Waals surface area contributed by atoms with Crippen LogP contribution in [0.15, 0.2) is 0 Å². The summed E-state index contributed by atoms with van der Waals surface area (Å²) in [5, 5.41) is 125. The second-order valence-corrected chi connectivity index (χ2v) is 21.3. The molecule has 0 radical (unpaired) electrons. The van der Waals surface area contributed by atoms with Gasteiger partial charge in [-0.1, -0.05) is 27.7 Å². The molecule has 65 heavy (non-hydrogen) atoms. The maximum atomic E-state index is 14.7. The quantitative estimate of drug-likeness (QED) is 0.0843. The first kappa shape index (κ1) is 50.3. The number of fused-ring (bicyclic) bond motifs is 7. The van der Waals surface area contributed by atoms with E-state index >= 15 is 0 Å². The van der Waals surface area contributed by atoms with Gasteiger partial charge in [0.2, 0.25) is 0 Å². The van der Waals surface area contributed by atoms with Crippen molar-refractivity contribution in [2.45, 2.75) is 196 Å². The normalized spacial score (nSPS) is 55.0. The van der Waals surface area contributed by atoms with Gasteiger partial charge in [0.05, 0.1) is 38.6 Å². The zero-order valence-electron chi connectivity index (χ0n) is 37.7. The molecule has 8 aliphatic rings. The highest BCUT2D eigenvalue weighted by atomic mass is 16.7. The van der Waals surface area contributed by atoms with Gasteiger partial charge < -0.3 is 94.4 Å². The van der Waals surface area contributed by atoms with E-state index < -0.39 is 123 Å². The molecule has 0 aromatic rings. The number of hydrogen-bond acceptors (Lipinski definition) is 20. The Morgan fingerprint density at radius 1 is 0.708 bits per heavy atom. The molecule has 0 amide bonds. The summed E-state index contributed by atoms with van der Waals surface area (Å²) in [6.07, 6.45) is -17.1. The average molecular weight is 935 g/mol. The average Bonchev–Trinajstić information content (AvgIpc) is 3.73. The van der Waals surface area contributed by atoms with E-state index in [4.69, 9.17) is 33.2 Å². The second-order valence-electron chi connectivity index (χ2n) is 21.3. The van der Waals surface area contributed by atoms with Crippen LogP contribution in [0.1, 0.15) is 85.5 Å². The molecule has 0 aromatic heterocycles. The Kier molecular flexibility index (Phi) is 14.9. The summed E-state index contributed by atoms with van der Waals surface area (Å²) >= 11 is 0. The van der Waals surface area contributed by atoms with E-state index in [1.54, 1.807) is 0 Å². The molecule has 4 saturated heterocycles. The number of ether oxygens (including phenoxy) is 7.